The monoisotopic (exact) mass is 1270 g/mol. The molecular formula is C54H58BF24NO5. The zero-order chi connectivity index (χ0) is 65.0. The maximum Gasteiger partial charge on any atom is 0.864 e. The average Bonchev–Trinajstić information content (AvgIpc) is 1.09. The molecule has 2 unspecified atom stereocenters. The van der Waals surface area contributed by atoms with Crippen molar-refractivity contribution in [2.24, 2.45) is 0 Å². The summed E-state index contributed by atoms with van der Waals surface area (Å²) in [5.74, 6) is -4.84. The van der Waals surface area contributed by atoms with Crippen LogP contribution in [0.2, 0.25) is 0 Å². The Labute approximate surface area is 473 Å². The molecule has 0 N–H and O–H groups in total. The fraction of sp³-hybridized carbons (Fsp3) is 0.556. The van der Waals surface area contributed by atoms with E-state index in [2.05, 4.69) is 0 Å². The standard InChI is InChI=1S/C46H55BF18NO5.C8H3F6/c1-7-11-13-15-17-66(18-16-14-12-8-2,29(5)67-19-9-3)40(6,68-20-10-4)39-37(46(63,64)65)27-34(45(60,61)62)28-38(39)71-47(69-35-23-30(41(48,49)50)21-31(24-35)42(51,52)53)70-36-25-32(43(54,55)56)22-33(26-36)44(57,58)59;9-7(10,11)5-2-1-3-6(4-5)8(12,13)14/h21-29H,7-20H2,1-6H3;2-4H/q+1;-1. The predicted molar refractivity (Wildman–Crippen MR) is 260 cm³/mol. The highest BCUT2D eigenvalue weighted by Crippen LogP contribution is 2.52. The molecule has 31 heteroatoms. The maximum absolute atomic E-state index is 15.8. The van der Waals surface area contributed by atoms with E-state index < -0.39 is 159 Å². The molecule has 0 spiro atoms. The van der Waals surface area contributed by atoms with Gasteiger partial charge in [0.2, 0.25) is 5.72 Å². The molecule has 0 fully saturated rings. The smallest absolute Gasteiger partial charge is 0.490 e. The number of alkyl halides is 24. The van der Waals surface area contributed by atoms with Crippen LogP contribution in [0.1, 0.15) is 156 Å². The van der Waals surface area contributed by atoms with Crippen molar-refractivity contribution in [2.75, 3.05) is 26.3 Å². The highest BCUT2D eigenvalue weighted by atomic mass is 19.4. The molecule has 4 aromatic rings. The topological polar surface area (TPSA) is 46.2 Å². The normalized spacial score (nSPS) is 14.3. The first-order valence-corrected chi connectivity index (χ1v) is 26.0. The molecule has 0 amide bonds. The van der Waals surface area contributed by atoms with Gasteiger partial charge in [0, 0.05) is 13.8 Å². The van der Waals surface area contributed by atoms with E-state index in [1.807, 2.05) is 13.8 Å². The first-order valence-electron chi connectivity index (χ1n) is 26.0. The Morgan fingerprint density at radius 2 is 0.765 bits per heavy atom. The highest BCUT2D eigenvalue weighted by Gasteiger charge is 2.59. The molecule has 0 saturated heterocycles. The molecule has 0 heterocycles. The van der Waals surface area contributed by atoms with Crippen molar-refractivity contribution in [3.63, 3.8) is 0 Å². The van der Waals surface area contributed by atoms with E-state index in [0.717, 1.165) is 6.92 Å². The molecule has 0 aliphatic heterocycles. The summed E-state index contributed by atoms with van der Waals surface area (Å²) in [6, 6.07) is 0.970. The molecule has 0 aliphatic carbocycles. The van der Waals surface area contributed by atoms with Gasteiger partial charge in [-0.25, -0.2) is 0 Å². The zero-order valence-electron chi connectivity index (χ0n) is 46.0. The van der Waals surface area contributed by atoms with Crippen LogP contribution in [-0.4, -0.2) is 44.3 Å². The van der Waals surface area contributed by atoms with Gasteiger partial charge in [-0.15, -0.1) is 6.07 Å². The van der Waals surface area contributed by atoms with Gasteiger partial charge in [-0.3, -0.25) is 4.48 Å². The summed E-state index contributed by atoms with van der Waals surface area (Å²) in [4.78, 5) is 0. The lowest BCUT2D eigenvalue weighted by Crippen LogP contribution is -2.68. The number of halogens is 24. The zero-order valence-corrected chi connectivity index (χ0v) is 46.0. The first kappa shape index (κ1) is 73.8. The molecule has 0 saturated carbocycles. The molecule has 85 heavy (non-hydrogen) atoms. The lowest BCUT2D eigenvalue weighted by atomic mass is 9.88. The van der Waals surface area contributed by atoms with Crippen LogP contribution < -0.4 is 14.0 Å². The number of rotatable bonds is 25. The van der Waals surface area contributed by atoms with Crippen molar-refractivity contribution in [3.8, 4) is 17.2 Å². The molecule has 0 aromatic heterocycles. The largest absolute Gasteiger partial charge is 0.864 e. The molecule has 4 aromatic carbocycles. The van der Waals surface area contributed by atoms with Gasteiger partial charge >= 0.3 is 56.7 Å². The summed E-state index contributed by atoms with van der Waals surface area (Å²) in [6.45, 7) is 8.94. The van der Waals surface area contributed by atoms with Crippen molar-refractivity contribution in [1.29, 1.82) is 0 Å². The Bertz CT molecular complexity index is 2550. The Morgan fingerprint density at radius 3 is 1.09 bits per heavy atom. The number of benzene rings is 4. The van der Waals surface area contributed by atoms with Gasteiger partial charge in [0.25, 0.3) is 0 Å². The van der Waals surface area contributed by atoms with E-state index in [4.69, 9.17) is 23.4 Å². The van der Waals surface area contributed by atoms with Gasteiger partial charge in [-0.2, -0.15) is 124 Å². The van der Waals surface area contributed by atoms with Crippen LogP contribution in [0.15, 0.2) is 66.7 Å². The molecule has 0 radical (unpaired) electrons. The minimum atomic E-state index is -5.80. The summed E-state index contributed by atoms with van der Waals surface area (Å²) in [7, 11) is -3.38. The predicted octanol–water partition coefficient (Wildman–Crippen LogP) is 20.2. The van der Waals surface area contributed by atoms with E-state index in [1.165, 1.54) is 13.8 Å². The van der Waals surface area contributed by atoms with Crippen LogP contribution in [-0.2, 0) is 64.6 Å². The number of nitrogens with zero attached hydrogens (tertiary/aromatic N) is 1. The Balaban J connectivity index is 0.00000118. The van der Waals surface area contributed by atoms with Crippen molar-refractivity contribution < 1.29 is 133 Å². The molecule has 4 rings (SSSR count). The van der Waals surface area contributed by atoms with Gasteiger partial charge in [0.15, 0.2) is 6.23 Å². The van der Waals surface area contributed by atoms with Crippen LogP contribution in [0.4, 0.5) is 105 Å². The molecule has 2 atom stereocenters. The lowest BCUT2D eigenvalue weighted by molar-refractivity contribution is -1.04. The minimum Gasteiger partial charge on any atom is -0.490 e. The second kappa shape index (κ2) is 29.0. The summed E-state index contributed by atoms with van der Waals surface area (Å²) in [5, 5.41) is 0. The molecular weight excluding hydrogens is 1210 g/mol. The third kappa shape index (κ3) is 20.9. The van der Waals surface area contributed by atoms with Crippen molar-refractivity contribution >= 4 is 7.32 Å². The Kier molecular flexibility index (Phi) is 25.2. The Hall–Kier alpha value is -5.46. The molecule has 0 bridgehead atoms. The summed E-state index contributed by atoms with van der Waals surface area (Å²) < 4.78 is 360. The summed E-state index contributed by atoms with van der Waals surface area (Å²) >= 11 is 0. The van der Waals surface area contributed by atoms with Crippen LogP contribution in [0, 0.1) is 6.07 Å². The fourth-order valence-corrected chi connectivity index (χ4v) is 8.81. The SMILES string of the molecule is CCCCCC[N+](CCCCCC)(C(C)OCCC)C(C)(OCCC)c1c(OB(Oc2cc(C(F)(F)F)cc(C(F)(F)F)c2)Oc2cc(C(F)(F)F)cc(C(F)(F)F)c2)cc(C(F)(F)F)cc1C(F)(F)F.FC(F)(F)c1c[c-]cc(C(F)(F)F)c1. The van der Waals surface area contributed by atoms with Gasteiger partial charge in [0.1, 0.15) is 17.2 Å². The van der Waals surface area contributed by atoms with Gasteiger partial charge in [-0.1, -0.05) is 64.5 Å². The molecule has 0 aliphatic rings. The fourth-order valence-electron chi connectivity index (χ4n) is 8.81. The van der Waals surface area contributed by atoms with Gasteiger partial charge < -0.3 is 23.4 Å². The van der Waals surface area contributed by atoms with Crippen LogP contribution in [0.5, 0.6) is 17.2 Å². The van der Waals surface area contributed by atoms with E-state index in [1.54, 1.807) is 13.0 Å². The number of unbranched alkanes of at least 4 members (excludes halogenated alkanes) is 6. The van der Waals surface area contributed by atoms with E-state index in [-0.39, 0.29) is 81.4 Å². The lowest BCUT2D eigenvalue weighted by Gasteiger charge is -2.55. The summed E-state index contributed by atoms with van der Waals surface area (Å²) in [5.41, 5.74) is -19.3. The maximum atomic E-state index is 15.8. The van der Waals surface area contributed by atoms with E-state index in [9.17, 15) is 92.2 Å². The average molecular weight is 1270 g/mol. The van der Waals surface area contributed by atoms with Crippen molar-refractivity contribution in [2.45, 2.75) is 167 Å². The van der Waals surface area contributed by atoms with Crippen molar-refractivity contribution in [1.82, 2.24) is 0 Å². The molecule has 480 valence electrons. The van der Waals surface area contributed by atoms with Gasteiger partial charge in [-0.05, 0) is 87.1 Å². The third-order valence-corrected chi connectivity index (χ3v) is 13.0. The first-order chi connectivity index (χ1) is 38.8. The van der Waals surface area contributed by atoms with Crippen LogP contribution in [0.3, 0.4) is 0 Å². The quantitative estimate of drug-likeness (QED) is 0.0165. The van der Waals surface area contributed by atoms with Crippen LogP contribution in [0.25, 0.3) is 0 Å². The van der Waals surface area contributed by atoms with Gasteiger partial charge in [0.05, 0.1) is 65.2 Å². The minimum absolute atomic E-state index is 0.00496. The molecule has 6 nitrogen and oxygen atoms in total. The third-order valence-electron chi connectivity index (χ3n) is 13.0. The number of quaternary nitrogens is 1. The second-order valence-electron chi connectivity index (χ2n) is 19.4. The van der Waals surface area contributed by atoms with E-state index >= 15 is 13.2 Å². The number of hydrogen-bond donors (Lipinski definition) is 0. The Morgan fingerprint density at radius 1 is 0.412 bits per heavy atom. The highest BCUT2D eigenvalue weighted by molar-refractivity contribution is 6.39. The second-order valence-corrected chi connectivity index (χ2v) is 19.4. The number of ether oxygens (including phenoxy) is 2. The number of hydrogen-bond acceptors (Lipinski definition) is 5. The van der Waals surface area contributed by atoms with Crippen LogP contribution >= 0.6 is 0 Å². The van der Waals surface area contributed by atoms with Crippen molar-refractivity contribution in [3.05, 3.63) is 123 Å². The van der Waals surface area contributed by atoms with E-state index in [0.29, 0.717) is 57.1 Å². The summed E-state index contributed by atoms with van der Waals surface area (Å²) in [6.07, 6.45) is -40.3.